The number of nitrogens with one attached hydrogen (secondary N) is 1. The summed E-state index contributed by atoms with van der Waals surface area (Å²) in [7, 11) is 1.93. The number of nitrogen functional groups attached to an aromatic ring is 1. The largest absolute Gasteiger partial charge is 0.320 e. The van der Waals surface area contributed by atoms with Gasteiger partial charge in [0.1, 0.15) is 16.4 Å². The zero-order chi connectivity index (χ0) is 21.1. The van der Waals surface area contributed by atoms with E-state index in [1.807, 2.05) is 66.2 Å². The van der Waals surface area contributed by atoms with E-state index >= 15 is 0 Å². The summed E-state index contributed by atoms with van der Waals surface area (Å²) in [6.45, 7) is 0. The number of carbonyl (C=O) groups excluding carboxylic acids is 1. The van der Waals surface area contributed by atoms with E-state index in [-0.39, 0.29) is 5.91 Å². The molecule has 6 nitrogen and oxygen atoms in total. The lowest BCUT2D eigenvalue weighted by molar-refractivity contribution is 0.0954. The first kappa shape index (κ1) is 20.2. The van der Waals surface area contributed by atoms with Gasteiger partial charge in [-0.1, -0.05) is 47.6 Å². The molecule has 30 heavy (non-hydrogen) atoms. The highest BCUT2D eigenvalue weighted by Gasteiger charge is 2.22. The molecule has 150 valence electrons. The number of hydrazine groups is 1. The lowest BCUT2D eigenvalue weighted by Crippen LogP contribution is -2.30. The van der Waals surface area contributed by atoms with Gasteiger partial charge in [-0.25, -0.2) is 10.8 Å². The van der Waals surface area contributed by atoms with Gasteiger partial charge >= 0.3 is 0 Å². The van der Waals surface area contributed by atoms with Crippen LogP contribution < -0.4 is 11.3 Å². The maximum absolute atomic E-state index is 12.4. The summed E-state index contributed by atoms with van der Waals surface area (Å²) < 4.78 is 1.98. The van der Waals surface area contributed by atoms with Gasteiger partial charge in [-0.2, -0.15) is 0 Å². The molecular weight excluding hydrogens is 418 g/mol. The number of pyridine rings is 1. The molecule has 0 saturated heterocycles. The third kappa shape index (κ3) is 3.95. The van der Waals surface area contributed by atoms with Gasteiger partial charge in [0.05, 0.1) is 5.56 Å². The van der Waals surface area contributed by atoms with Crippen LogP contribution in [0.5, 0.6) is 0 Å². The van der Waals surface area contributed by atoms with E-state index in [4.69, 9.17) is 22.4 Å². The van der Waals surface area contributed by atoms with Crippen molar-refractivity contribution in [3.05, 3.63) is 83.5 Å². The number of hydrogen-bond acceptors (Lipinski definition) is 5. The van der Waals surface area contributed by atoms with Gasteiger partial charge in [0.15, 0.2) is 5.82 Å². The molecule has 0 saturated carbocycles. The van der Waals surface area contributed by atoms with E-state index in [2.05, 4.69) is 10.4 Å². The Labute approximate surface area is 183 Å². The van der Waals surface area contributed by atoms with Gasteiger partial charge in [-0.05, 0) is 42.5 Å². The van der Waals surface area contributed by atoms with Crippen molar-refractivity contribution in [3.63, 3.8) is 0 Å². The number of carbonyl (C=O) groups is 1. The Kier molecular flexibility index (Phi) is 5.85. The highest BCUT2D eigenvalue weighted by Crippen LogP contribution is 2.39. The zero-order valence-corrected chi connectivity index (χ0v) is 17.6. The van der Waals surface area contributed by atoms with Gasteiger partial charge in [0.25, 0.3) is 5.91 Å². The summed E-state index contributed by atoms with van der Waals surface area (Å²) in [5, 5.41) is 1.54. The second-order valence-electron chi connectivity index (χ2n) is 6.44. The predicted octanol–water partition coefficient (Wildman–Crippen LogP) is 4.56. The van der Waals surface area contributed by atoms with Crippen LogP contribution in [0.4, 0.5) is 0 Å². The Morgan fingerprint density at radius 3 is 2.50 bits per heavy atom. The molecule has 1 amide bonds. The third-order valence-electron chi connectivity index (χ3n) is 4.52. The average Bonchev–Trinajstić information content (AvgIpc) is 3.11. The Morgan fingerprint density at radius 1 is 1.07 bits per heavy atom. The highest BCUT2D eigenvalue weighted by atomic mass is 35.5. The Bertz CT molecular complexity index is 1190. The quantitative estimate of drug-likeness (QED) is 0.273. The van der Waals surface area contributed by atoms with E-state index in [0.717, 1.165) is 15.6 Å². The van der Waals surface area contributed by atoms with E-state index in [9.17, 15) is 4.79 Å². The van der Waals surface area contributed by atoms with Gasteiger partial charge in [0, 0.05) is 28.7 Å². The summed E-state index contributed by atoms with van der Waals surface area (Å²) in [6.07, 6.45) is 1.73. The van der Waals surface area contributed by atoms with Crippen molar-refractivity contribution in [1.82, 2.24) is 20.0 Å². The molecule has 4 aromatic rings. The molecule has 2 aromatic carbocycles. The average molecular weight is 436 g/mol. The van der Waals surface area contributed by atoms with Crippen molar-refractivity contribution in [1.29, 1.82) is 0 Å². The number of halogens is 1. The number of hydrogen-bond donors (Lipinski definition) is 2. The number of nitrogens with two attached hydrogens (primary N) is 1. The second-order valence-corrected chi connectivity index (χ2v) is 7.94. The van der Waals surface area contributed by atoms with Gasteiger partial charge < -0.3 is 4.57 Å². The topological polar surface area (TPSA) is 85.8 Å². The summed E-state index contributed by atoms with van der Waals surface area (Å²) >= 11 is 7.58. The molecule has 0 radical (unpaired) electrons. The number of aromatic nitrogens is 3. The van der Waals surface area contributed by atoms with Crippen molar-refractivity contribution in [3.8, 4) is 22.8 Å². The fourth-order valence-corrected chi connectivity index (χ4v) is 4.18. The maximum Gasteiger partial charge on any atom is 0.265 e. The molecule has 0 aliphatic rings. The first-order chi connectivity index (χ1) is 14.6. The molecule has 0 aliphatic heterocycles. The molecular formula is C22H18ClN5OS. The minimum atomic E-state index is -0.377. The molecule has 0 atom stereocenters. The number of benzene rings is 2. The SMILES string of the molecule is Cn1c(-c2ccccn2)nc(-c2ccccc2C(=O)NN)c1Sc1ccc(Cl)cc1. The summed E-state index contributed by atoms with van der Waals surface area (Å²) in [6, 6.07) is 20.5. The van der Waals surface area contributed by atoms with Crippen LogP contribution in [0.1, 0.15) is 10.4 Å². The minimum absolute atomic E-state index is 0.377. The first-order valence-corrected chi connectivity index (χ1v) is 10.3. The monoisotopic (exact) mass is 435 g/mol. The van der Waals surface area contributed by atoms with Crippen LogP contribution in [0.25, 0.3) is 22.8 Å². The van der Waals surface area contributed by atoms with E-state index in [0.29, 0.717) is 27.7 Å². The Morgan fingerprint density at radius 2 is 1.80 bits per heavy atom. The summed E-state index contributed by atoms with van der Waals surface area (Å²) in [5.74, 6) is 5.72. The zero-order valence-electron chi connectivity index (χ0n) is 16.0. The van der Waals surface area contributed by atoms with Crippen LogP contribution >= 0.6 is 23.4 Å². The van der Waals surface area contributed by atoms with Gasteiger partial charge in [-0.3, -0.25) is 15.2 Å². The second kappa shape index (κ2) is 8.71. The van der Waals surface area contributed by atoms with Crippen LogP contribution in [0.15, 0.2) is 82.8 Å². The lowest BCUT2D eigenvalue weighted by atomic mass is 10.0. The minimum Gasteiger partial charge on any atom is -0.320 e. The molecule has 0 spiro atoms. The van der Waals surface area contributed by atoms with Crippen molar-refractivity contribution in [2.24, 2.45) is 12.9 Å². The molecule has 0 fully saturated rings. The molecule has 4 rings (SSSR count). The predicted molar refractivity (Wildman–Crippen MR) is 119 cm³/mol. The molecule has 2 heterocycles. The molecule has 0 bridgehead atoms. The number of amides is 1. The van der Waals surface area contributed by atoms with Crippen molar-refractivity contribution in [2.75, 3.05) is 0 Å². The molecule has 2 aromatic heterocycles. The van der Waals surface area contributed by atoms with Gasteiger partial charge in [-0.15, -0.1) is 0 Å². The van der Waals surface area contributed by atoms with Crippen LogP contribution in [0.3, 0.4) is 0 Å². The maximum atomic E-state index is 12.4. The van der Waals surface area contributed by atoms with E-state index < -0.39 is 0 Å². The first-order valence-electron chi connectivity index (χ1n) is 9.10. The number of imidazole rings is 1. The Hall–Kier alpha value is -3.13. The van der Waals surface area contributed by atoms with E-state index in [1.54, 1.807) is 18.3 Å². The molecule has 0 aliphatic carbocycles. The number of rotatable bonds is 5. The molecule has 0 unspecified atom stereocenters. The van der Waals surface area contributed by atoms with Crippen LogP contribution in [0.2, 0.25) is 5.02 Å². The standard InChI is InChI=1S/C22H18ClN5OS/c1-28-20(18-8-4-5-13-25-18)26-19(16-6-2-3-7-17(16)21(29)27-24)22(28)30-15-11-9-14(23)10-12-15/h2-13H,24H2,1H3,(H,27,29). The van der Waals surface area contributed by atoms with Crippen molar-refractivity contribution >= 4 is 29.3 Å². The van der Waals surface area contributed by atoms with Crippen LogP contribution in [0, 0.1) is 0 Å². The smallest absolute Gasteiger partial charge is 0.265 e. The highest BCUT2D eigenvalue weighted by molar-refractivity contribution is 7.99. The van der Waals surface area contributed by atoms with Crippen molar-refractivity contribution in [2.45, 2.75) is 9.92 Å². The van der Waals surface area contributed by atoms with E-state index in [1.165, 1.54) is 11.8 Å². The number of nitrogens with zero attached hydrogens (tertiary/aromatic N) is 3. The summed E-state index contributed by atoms with van der Waals surface area (Å²) in [4.78, 5) is 22.7. The third-order valence-corrected chi connectivity index (χ3v) is 5.94. The fraction of sp³-hybridized carbons (Fsp3) is 0.0455. The van der Waals surface area contributed by atoms with Gasteiger partial charge in [0.2, 0.25) is 0 Å². The fourth-order valence-electron chi connectivity index (χ4n) is 3.08. The van der Waals surface area contributed by atoms with Crippen molar-refractivity contribution < 1.29 is 4.79 Å². The van der Waals surface area contributed by atoms with Crippen LogP contribution in [-0.4, -0.2) is 20.4 Å². The molecule has 3 N–H and O–H groups in total. The summed E-state index contributed by atoms with van der Waals surface area (Å²) in [5.41, 5.74) is 4.77. The van der Waals surface area contributed by atoms with Crippen LogP contribution in [-0.2, 0) is 7.05 Å². The normalized spacial score (nSPS) is 10.8. The lowest BCUT2D eigenvalue weighted by Gasteiger charge is -2.10. The Balaban J connectivity index is 1.91. The molecule has 8 heteroatoms.